The zero-order valence-corrected chi connectivity index (χ0v) is 20.4. The summed E-state index contributed by atoms with van der Waals surface area (Å²) < 4.78 is 11.4. The van der Waals surface area contributed by atoms with Gasteiger partial charge in [-0.1, -0.05) is 32.9 Å². The summed E-state index contributed by atoms with van der Waals surface area (Å²) in [5.74, 6) is -1.50. The van der Waals surface area contributed by atoms with Gasteiger partial charge in [-0.05, 0) is 67.2 Å². The van der Waals surface area contributed by atoms with Gasteiger partial charge in [0.1, 0.15) is 0 Å². The van der Waals surface area contributed by atoms with Crippen LogP contribution in [0.15, 0.2) is 40.0 Å². The van der Waals surface area contributed by atoms with Gasteiger partial charge in [0.25, 0.3) is 0 Å². The Labute approximate surface area is 183 Å². The van der Waals surface area contributed by atoms with E-state index in [2.05, 4.69) is 59.3 Å². The van der Waals surface area contributed by atoms with Crippen LogP contribution in [0.2, 0.25) is 0 Å². The number of esters is 2. The molecule has 27 heavy (non-hydrogen) atoms. The third kappa shape index (κ3) is 5.81. The molecule has 0 saturated heterocycles. The van der Waals surface area contributed by atoms with Crippen molar-refractivity contribution in [1.29, 1.82) is 0 Å². The highest BCUT2D eigenvalue weighted by atomic mass is 127. The lowest BCUT2D eigenvalue weighted by atomic mass is 9.81. The van der Waals surface area contributed by atoms with Crippen molar-refractivity contribution in [2.75, 3.05) is 28.3 Å². The van der Waals surface area contributed by atoms with E-state index in [4.69, 9.17) is 9.47 Å². The van der Waals surface area contributed by atoms with Gasteiger partial charge in [0.15, 0.2) is 5.57 Å². The second-order valence-electron chi connectivity index (χ2n) is 7.05. The van der Waals surface area contributed by atoms with Crippen LogP contribution >= 0.6 is 38.5 Å². The number of allylic oxidation sites excluding steroid dienone is 2. The first-order valence-electron chi connectivity index (χ1n) is 8.20. The highest BCUT2D eigenvalue weighted by Gasteiger charge is 2.31. The van der Waals surface area contributed by atoms with Crippen LogP contribution in [-0.4, -0.2) is 45.2 Å². The van der Waals surface area contributed by atoms with E-state index in [0.29, 0.717) is 10.2 Å². The molecular weight excluding hydrogens is 525 g/mol. The maximum Gasteiger partial charge on any atom is 0.347 e. The molecule has 0 N–H and O–H groups in total. The summed E-state index contributed by atoms with van der Waals surface area (Å²) in [6, 6.07) is 8.07. The number of nitrogens with zero attached hydrogens (tertiary/aromatic N) is 1. The number of rotatable bonds is 5. The molecule has 0 fully saturated rings. The molecule has 0 radical (unpaired) electrons. The lowest BCUT2D eigenvalue weighted by Crippen LogP contribution is -2.26. The first-order chi connectivity index (χ1) is 12.4. The molecule has 0 heterocycles. The number of benzene rings is 1. The fourth-order valence-electron chi connectivity index (χ4n) is 2.63. The van der Waals surface area contributed by atoms with Crippen LogP contribution in [0.1, 0.15) is 26.3 Å². The molecule has 0 saturated carbocycles. The lowest BCUT2D eigenvalue weighted by Gasteiger charge is -2.29. The van der Waals surface area contributed by atoms with Gasteiger partial charge < -0.3 is 14.4 Å². The Morgan fingerprint density at radius 3 is 1.78 bits per heavy atom. The van der Waals surface area contributed by atoms with Crippen molar-refractivity contribution in [3.05, 3.63) is 49.2 Å². The summed E-state index contributed by atoms with van der Waals surface area (Å²) in [5, 5.41) is 0. The third-order valence-corrected chi connectivity index (χ3v) is 5.26. The maximum absolute atomic E-state index is 12.4. The largest absolute Gasteiger partial charge is 0.465 e. The van der Waals surface area contributed by atoms with Gasteiger partial charge in [0.2, 0.25) is 0 Å². The Morgan fingerprint density at radius 1 is 1.00 bits per heavy atom. The monoisotopic (exact) mass is 549 g/mol. The molecule has 148 valence electrons. The molecule has 0 amide bonds. The average molecular weight is 550 g/mol. The Morgan fingerprint density at radius 2 is 1.44 bits per heavy atom. The molecule has 1 aromatic rings. The van der Waals surface area contributed by atoms with E-state index in [1.165, 1.54) is 14.2 Å². The Bertz CT molecular complexity index is 756. The summed E-state index contributed by atoms with van der Waals surface area (Å²) in [6.45, 7) is 6.22. The fraction of sp³-hybridized carbons (Fsp3) is 0.400. The zero-order chi connectivity index (χ0) is 20.9. The van der Waals surface area contributed by atoms with Crippen LogP contribution in [0.4, 0.5) is 0 Å². The smallest absolute Gasteiger partial charge is 0.347 e. The summed E-state index contributed by atoms with van der Waals surface area (Å²) >= 11 is 5.91. The molecule has 1 aromatic carbocycles. The van der Waals surface area contributed by atoms with Crippen LogP contribution in [-0.2, 0) is 19.1 Å². The van der Waals surface area contributed by atoms with Crippen molar-refractivity contribution < 1.29 is 19.1 Å². The van der Waals surface area contributed by atoms with Crippen molar-refractivity contribution >= 4 is 56.0 Å². The van der Waals surface area contributed by atoms with Crippen LogP contribution in [0.5, 0.6) is 0 Å². The van der Waals surface area contributed by atoms with Gasteiger partial charge in [-0.15, -0.1) is 0 Å². The zero-order valence-electron chi connectivity index (χ0n) is 16.6. The summed E-state index contributed by atoms with van der Waals surface area (Å²) in [5.41, 5.74) is 1.90. The molecule has 0 aliphatic carbocycles. The summed E-state index contributed by atoms with van der Waals surface area (Å²) in [4.78, 5) is 26.4. The minimum atomic E-state index is -0.752. The maximum atomic E-state index is 12.4. The summed E-state index contributed by atoms with van der Waals surface area (Å²) in [7, 11) is 5.99. The lowest BCUT2D eigenvalue weighted by molar-refractivity contribution is -0.144. The van der Waals surface area contributed by atoms with Crippen molar-refractivity contribution in [2.24, 2.45) is 5.41 Å². The van der Waals surface area contributed by atoms with Gasteiger partial charge in [-0.3, -0.25) is 0 Å². The minimum Gasteiger partial charge on any atom is -0.465 e. The second kappa shape index (κ2) is 9.73. The van der Waals surface area contributed by atoms with E-state index < -0.39 is 11.9 Å². The second-order valence-corrected chi connectivity index (χ2v) is 9.09. The first kappa shape index (κ1) is 23.7. The number of hydrogen-bond donors (Lipinski definition) is 0. The molecule has 7 heteroatoms. The van der Waals surface area contributed by atoms with Gasteiger partial charge in [-0.2, -0.15) is 0 Å². The topological polar surface area (TPSA) is 55.8 Å². The number of carbonyl (C=O) groups excluding carboxylic acids is 2. The van der Waals surface area contributed by atoms with Crippen LogP contribution in [0.25, 0.3) is 5.57 Å². The van der Waals surface area contributed by atoms with Crippen LogP contribution in [0.3, 0.4) is 0 Å². The Balaban J connectivity index is 3.95. The van der Waals surface area contributed by atoms with Crippen LogP contribution < -0.4 is 0 Å². The van der Waals surface area contributed by atoms with E-state index in [0.717, 1.165) is 14.7 Å². The van der Waals surface area contributed by atoms with E-state index in [9.17, 15) is 9.59 Å². The quantitative estimate of drug-likeness (QED) is 0.134. The molecule has 0 unspecified atom stereocenters. The van der Waals surface area contributed by atoms with E-state index in [1.54, 1.807) is 19.0 Å². The van der Waals surface area contributed by atoms with Crippen molar-refractivity contribution in [1.82, 2.24) is 4.90 Å². The SMILES string of the molecule is COC(=O)C(C(=O)OC)=C(/C(Br)=C(/c1ccc(I)cc1)C(C)(C)C)N(C)C. The molecule has 0 atom stereocenters. The molecule has 5 nitrogen and oxygen atoms in total. The van der Waals surface area contributed by atoms with E-state index in [1.807, 2.05) is 24.3 Å². The fourth-order valence-corrected chi connectivity index (χ4v) is 4.37. The van der Waals surface area contributed by atoms with Gasteiger partial charge in [0, 0.05) is 22.1 Å². The molecule has 0 aliphatic rings. The van der Waals surface area contributed by atoms with Crippen LogP contribution in [0, 0.1) is 8.99 Å². The first-order valence-corrected chi connectivity index (χ1v) is 10.1. The third-order valence-electron chi connectivity index (χ3n) is 3.77. The molecule has 1 rings (SSSR count). The minimum absolute atomic E-state index is 0.163. The van der Waals surface area contributed by atoms with Gasteiger partial charge in [-0.25, -0.2) is 9.59 Å². The Kier molecular flexibility index (Phi) is 8.53. The standard InChI is InChI=1S/C20H25BrINO4/c1-20(2,3)15(12-8-10-13(22)11-9-12)16(21)17(23(4)5)14(18(24)26-6)19(25)27-7/h8-11H,1-7H3/b16-15+. The number of ether oxygens (including phenoxy) is 2. The summed E-state index contributed by atoms with van der Waals surface area (Å²) in [6.07, 6.45) is 0. The number of carbonyl (C=O) groups is 2. The molecule has 0 spiro atoms. The van der Waals surface area contributed by atoms with Crippen molar-refractivity contribution in [3.63, 3.8) is 0 Å². The molecule has 0 aliphatic heterocycles. The highest BCUT2D eigenvalue weighted by molar-refractivity contribution is 14.1. The van der Waals surface area contributed by atoms with Crippen molar-refractivity contribution in [3.8, 4) is 0 Å². The average Bonchev–Trinajstić information content (AvgIpc) is 2.58. The molecule has 0 aromatic heterocycles. The molecule has 0 bridgehead atoms. The predicted octanol–water partition coefficient (Wildman–Crippen LogP) is 4.61. The molecular formula is C20H25BrINO4. The number of halogens is 2. The van der Waals surface area contributed by atoms with E-state index in [-0.39, 0.29) is 11.0 Å². The number of likely N-dealkylation sites (N-methyl/N-ethyl adjacent to an activating group) is 1. The van der Waals surface area contributed by atoms with E-state index >= 15 is 0 Å². The number of methoxy groups -OCH3 is 2. The Hall–Kier alpha value is -1.35. The predicted molar refractivity (Wildman–Crippen MR) is 119 cm³/mol. The normalized spacial score (nSPS) is 12.0. The highest BCUT2D eigenvalue weighted by Crippen LogP contribution is 2.42. The van der Waals surface area contributed by atoms with Crippen molar-refractivity contribution in [2.45, 2.75) is 20.8 Å². The number of hydrogen-bond acceptors (Lipinski definition) is 5. The van der Waals surface area contributed by atoms with Gasteiger partial charge >= 0.3 is 11.9 Å². The van der Waals surface area contributed by atoms with Gasteiger partial charge in [0.05, 0.1) is 19.9 Å².